The summed E-state index contributed by atoms with van der Waals surface area (Å²) in [7, 11) is 0. The lowest BCUT2D eigenvalue weighted by molar-refractivity contribution is 0.0435. The molecule has 1 aromatic rings. The van der Waals surface area contributed by atoms with E-state index in [1.807, 2.05) is 17.7 Å². The highest BCUT2D eigenvalue weighted by atomic mass is 16.3. The van der Waals surface area contributed by atoms with Gasteiger partial charge in [-0.3, -0.25) is 0 Å². The van der Waals surface area contributed by atoms with Crippen LogP contribution in [-0.2, 0) is 12.1 Å². The molecule has 1 aliphatic carbocycles. The normalized spacial score (nSPS) is 19.7. The van der Waals surface area contributed by atoms with Crippen LogP contribution in [0.1, 0.15) is 38.9 Å². The molecule has 1 aliphatic rings. The fourth-order valence-corrected chi connectivity index (χ4v) is 1.91. The van der Waals surface area contributed by atoms with Crippen molar-refractivity contribution in [2.75, 3.05) is 6.54 Å². The van der Waals surface area contributed by atoms with E-state index in [1.54, 1.807) is 6.20 Å². The number of hydrogen-bond donors (Lipinski definition) is 2. The molecule has 2 N–H and O–H groups in total. The van der Waals surface area contributed by atoms with Gasteiger partial charge in [0.15, 0.2) is 0 Å². The summed E-state index contributed by atoms with van der Waals surface area (Å²) < 4.78 is 2.04. The Bertz CT molecular complexity index is 342. The lowest BCUT2D eigenvalue weighted by Crippen LogP contribution is -2.38. The molecule has 1 fully saturated rings. The molecule has 1 atom stereocenters. The van der Waals surface area contributed by atoms with Gasteiger partial charge in [-0.2, -0.15) is 0 Å². The number of nitrogens with zero attached hydrogens (tertiary/aromatic N) is 2. The molecule has 1 saturated carbocycles. The van der Waals surface area contributed by atoms with Gasteiger partial charge in [0, 0.05) is 31.5 Å². The smallest absolute Gasteiger partial charge is 0.141 e. The number of aliphatic hydroxyl groups is 1. The largest absolute Gasteiger partial charge is 0.381 e. The molecule has 16 heavy (non-hydrogen) atoms. The van der Waals surface area contributed by atoms with Gasteiger partial charge >= 0.3 is 0 Å². The minimum absolute atomic E-state index is 0.582. The molecule has 0 spiro atoms. The van der Waals surface area contributed by atoms with E-state index in [0.29, 0.717) is 12.6 Å². The Morgan fingerprint density at radius 1 is 1.62 bits per heavy atom. The third kappa shape index (κ3) is 2.62. The Morgan fingerprint density at radius 2 is 2.38 bits per heavy atom. The molecule has 0 saturated heterocycles. The molecule has 1 heterocycles. The summed E-state index contributed by atoms with van der Waals surface area (Å²) in [5, 5.41) is 13.8. The lowest BCUT2D eigenvalue weighted by Gasteiger charge is -2.24. The van der Waals surface area contributed by atoms with Gasteiger partial charge in [-0.15, -0.1) is 0 Å². The zero-order chi connectivity index (χ0) is 11.6. The first-order valence-electron chi connectivity index (χ1n) is 6.11. The molecule has 2 rings (SSSR count). The standard InChI is InChI=1S/C12H21N3O/c1-3-7-15-8-6-13-11(15)12(2,16)9-14-10-4-5-10/h6,8,10,14,16H,3-5,7,9H2,1-2H3. The molecule has 0 aliphatic heterocycles. The summed E-state index contributed by atoms with van der Waals surface area (Å²) in [6.45, 7) is 5.45. The summed E-state index contributed by atoms with van der Waals surface area (Å²) in [4.78, 5) is 4.28. The molecule has 0 amide bonds. The fourth-order valence-electron chi connectivity index (χ4n) is 1.91. The van der Waals surface area contributed by atoms with Gasteiger partial charge in [-0.05, 0) is 26.2 Å². The van der Waals surface area contributed by atoms with Gasteiger partial charge in [-0.1, -0.05) is 6.92 Å². The molecule has 4 heteroatoms. The van der Waals surface area contributed by atoms with Crippen LogP contribution in [0.4, 0.5) is 0 Å². The Morgan fingerprint density at radius 3 is 3.00 bits per heavy atom. The maximum absolute atomic E-state index is 10.4. The molecule has 0 bridgehead atoms. The predicted molar refractivity (Wildman–Crippen MR) is 63.1 cm³/mol. The van der Waals surface area contributed by atoms with Crippen molar-refractivity contribution in [1.29, 1.82) is 0 Å². The van der Waals surface area contributed by atoms with E-state index in [2.05, 4.69) is 17.2 Å². The fraction of sp³-hybridized carbons (Fsp3) is 0.750. The number of hydrogen-bond acceptors (Lipinski definition) is 3. The zero-order valence-corrected chi connectivity index (χ0v) is 10.1. The summed E-state index contributed by atoms with van der Waals surface area (Å²) in [6, 6.07) is 0.612. The van der Waals surface area contributed by atoms with Crippen molar-refractivity contribution in [3.63, 3.8) is 0 Å². The number of nitrogens with one attached hydrogen (secondary N) is 1. The van der Waals surface area contributed by atoms with Crippen molar-refractivity contribution >= 4 is 0 Å². The van der Waals surface area contributed by atoms with Crippen LogP contribution in [0.15, 0.2) is 12.4 Å². The highest BCUT2D eigenvalue weighted by Crippen LogP contribution is 2.23. The summed E-state index contributed by atoms with van der Waals surface area (Å²) in [5.41, 5.74) is -0.874. The summed E-state index contributed by atoms with van der Waals surface area (Å²) >= 11 is 0. The van der Waals surface area contributed by atoms with E-state index in [1.165, 1.54) is 12.8 Å². The van der Waals surface area contributed by atoms with Crippen LogP contribution in [0.5, 0.6) is 0 Å². The van der Waals surface area contributed by atoms with Crippen molar-refractivity contribution in [1.82, 2.24) is 14.9 Å². The first-order valence-corrected chi connectivity index (χ1v) is 6.11. The molecule has 1 aromatic heterocycles. The predicted octanol–water partition coefficient (Wildman–Crippen LogP) is 1.25. The maximum atomic E-state index is 10.4. The molecule has 0 aromatic carbocycles. The highest BCUT2D eigenvalue weighted by molar-refractivity contribution is 5.05. The van der Waals surface area contributed by atoms with Crippen LogP contribution < -0.4 is 5.32 Å². The number of aryl methyl sites for hydroxylation is 1. The molecule has 90 valence electrons. The minimum atomic E-state index is -0.874. The third-order valence-corrected chi connectivity index (χ3v) is 2.97. The Balaban J connectivity index is 2.03. The van der Waals surface area contributed by atoms with E-state index in [0.717, 1.165) is 18.8 Å². The lowest BCUT2D eigenvalue weighted by atomic mass is 10.1. The van der Waals surface area contributed by atoms with Crippen molar-refractivity contribution in [3.05, 3.63) is 18.2 Å². The van der Waals surface area contributed by atoms with Gasteiger partial charge in [0.2, 0.25) is 0 Å². The van der Waals surface area contributed by atoms with Crippen molar-refractivity contribution < 1.29 is 5.11 Å². The number of aromatic nitrogens is 2. The first kappa shape index (κ1) is 11.6. The quantitative estimate of drug-likeness (QED) is 0.763. The average Bonchev–Trinajstić information content (AvgIpc) is 2.95. The third-order valence-electron chi connectivity index (χ3n) is 2.97. The van der Waals surface area contributed by atoms with Crippen LogP contribution in [-0.4, -0.2) is 27.2 Å². The van der Waals surface area contributed by atoms with E-state index in [-0.39, 0.29) is 0 Å². The van der Waals surface area contributed by atoms with Crippen LogP contribution in [0.3, 0.4) is 0 Å². The molecular formula is C12H21N3O. The Kier molecular flexibility index (Phi) is 3.30. The summed E-state index contributed by atoms with van der Waals surface area (Å²) in [5.74, 6) is 0.766. The Hall–Kier alpha value is -0.870. The van der Waals surface area contributed by atoms with Gasteiger partial charge in [-0.25, -0.2) is 4.98 Å². The van der Waals surface area contributed by atoms with E-state index in [9.17, 15) is 5.11 Å². The van der Waals surface area contributed by atoms with Gasteiger partial charge in [0.25, 0.3) is 0 Å². The van der Waals surface area contributed by atoms with Crippen LogP contribution >= 0.6 is 0 Å². The zero-order valence-electron chi connectivity index (χ0n) is 10.1. The Labute approximate surface area is 96.7 Å². The second kappa shape index (κ2) is 4.55. The van der Waals surface area contributed by atoms with Gasteiger partial charge in [0.05, 0.1) is 0 Å². The van der Waals surface area contributed by atoms with Crippen LogP contribution in [0.25, 0.3) is 0 Å². The van der Waals surface area contributed by atoms with Crippen molar-refractivity contribution in [3.8, 4) is 0 Å². The molecule has 1 unspecified atom stereocenters. The SMILES string of the molecule is CCCn1ccnc1C(C)(O)CNC1CC1. The monoisotopic (exact) mass is 223 g/mol. The average molecular weight is 223 g/mol. The van der Waals surface area contributed by atoms with Crippen LogP contribution in [0.2, 0.25) is 0 Å². The van der Waals surface area contributed by atoms with Crippen LogP contribution in [0, 0.1) is 0 Å². The molecular weight excluding hydrogens is 202 g/mol. The van der Waals surface area contributed by atoms with Gasteiger partial charge in [0.1, 0.15) is 11.4 Å². The summed E-state index contributed by atoms with van der Waals surface area (Å²) in [6.07, 6.45) is 7.22. The van der Waals surface area contributed by atoms with E-state index in [4.69, 9.17) is 0 Å². The maximum Gasteiger partial charge on any atom is 0.141 e. The topological polar surface area (TPSA) is 50.1 Å². The van der Waals surface area contributed by atoms with E-state index >= 15 is 0 Å². The first-order chi connectivity index (χ1) is 7.63. The second-order valence-corrected chi connectivity index (χ2v) is 4.87. The minimum Gasteiger partial charge on any atom is -0.381 e. The second-order valence-electron chi connectivity index (χ2n) is 4.87. The molecule has 0 radical (unpaired) electrons. The van der Waals surface area contributed by atoms with E-state index < -0.39 is 5.60 Å². The molecule has 4 nitrogen and oxygen atoms in total. The highest BCUT2D eigenvalue weighted by Gasteiger charge is 2.31. The number of imidazole rings is 1. The van der Waals surface area contributed by atoms with Crippen molar-refractivity contribution in [2.45, 2.75) is 51.3 Å². The number of rotatable bonds is 6. The van der Waals surface area contributed by atoms with Gasteiger partial charge < -0.3 is 15.0 Å². The van der Waals surface area contributed by atoms with Crippen molar-refractivity contribution in [2.24, 2.45) is 0 Å².